The number of halogens is 1. The predicted molar refractivity (Wildman–Crippen MR) is 85.4 cm³/mol. The van der Waals surface area contributed by atoms with E-state index in [1.807, 2.05) is 0 Å². The third kappa shape index (κ3) is 3.87. The second kappa shape index (κ2) is 6.94. The summed E-state index contributed by atoms with van der Waals surface area (Å²) < 4.78 is 5.82. The van der Waals surface area contributed by atoms with Crippen LogP contribution < -0.4 is 10.1 Å². The van der Waals surface area contributed by atoms with Crippen molar-refractivity contribution in [3.05, 3.63) is 41.8 Å². The molecule has 0 saturated heterocycles. The van der Waals surface area contributed by atoms with Crippen molar-refractivity contribution in [2.24, 2.45) is 0 Å². The largest absolute Gasteiger partial charge is 0.452 e. The van der Waals surface area contributed by atoms with Gasteiger partial charge in [0.25, 0.3) is 0 Å². The van der Waals surface area contributed by atoms with Gasteiger partial charge in [-0.3, -0.25) is 0 Å². The lowest BCUT2D eigenvalue weighted by Crippen LogP contribution is -2.30. The molecule has 2 N–H and O–H groups in total. The van der Waals surface area contributed by atoms with E-state index in [-0.39, 0.29) is 12.1 Å². The van der Waals surface area contributed by atoms with Gasteiger partial charge in [0, 0.05) is 11.1 Å². The van der Waals surface area contributed by atoms with E-state index in [4.69, 9.17) is 16.3 Å². The monoisotopic (exact) mass is 319 g/mol. The summed E-state index contributed by atoms with van der Waals surface area (Å²) in [5, 5.41) is 13.8. The van der Waals surface area contributed by atoms with Crippen molar-refractivity contribution in [3.8, 4) is 11.5 Å². The fourth-order valence-electron chi connectivity index (χ4n) is 2.62. The summed E-state index contributed by atoms with van der Waals surface area (Å²) in [7, 11) is 0. The van der Waals surface area contributed by atoms with Gasteiger partial charge >= 0.3 is 0 Å². The SMILES string of the molecule is OC1CCCC(Nc2ncncc2Oc2ccc(Cl)cc2)C1. The summed E-state index contributed by atoms with van der Waals surface area (Å²) in [4.78, 5) is 8.27. The molecule has 0 amide bonds. The number of hydrogen-bond donors (Lipinski definition) is 2. The molecule has 0 radical (unpaired) electrons. The average molecular weight is 320 g/mol. The zero-order valence-corrected chi connectivity index (χ0v) is 12.8. The number of nitrogens with one attached hydrogen (secondary N) is 1. The van der Waals surface area contributed by atoms with E-state index in [1.165, 1.54) is 6.33 Å². The van der Waals surface area contributed by atoms with Gasteiger partial charge < -0.3 is 15.2 Å². The Morgan fingerprint density at radius 2 is 2.05 bits per heavy atom. The van der Waals surface area contributed by atoms with Crippen LogP contribution in [0.5, 0.6) is 11.5 Å². The van der Waals surface area contributed by atoms with Gasteiger partial charge in [-0.05, 0) is 49.9 Å². The highest BCUT2D eigenvalue weighted by Crippen LogP contribution is 2.30. The summed E-state index contributed by atoms with van der Waals surface area (Å²) in [6, 6.07) is 7.33. The van der Waals surface area contributed by atoms with Crippen molar-refractivity contribution in [1.82, 2.24) is 9.97 Å². The number of aromatic nitrogens is 2. The molecule has 116 valence electrons. The molecule has 0 aliphatic heterocycles. The number of ether oxygens (including phenoxy) is 1. The highest BCUT2D eigenvalue weighted by Gasteiger charge is 2.21. The van der Waals surface area contributed by atoms with Crippen molar-refractivity contribution in [2.45, 2.75) is 37.8 Å². The second-order valence-electron chi connectivity index (χ2n) is 5.45. The van der Waals surface area contributed by atoms with E-state index >= 15 is 0 Å². The van der Waals surface area contributed by atoms with Crippen LogP contribution in [-0.4, -0.2) is 27.2 Å². The van der Waals surface area contributed by atoms with Gasteiger partial charge in [-0.2, -0.15) is 0 Å². The van der Waals surface area contributed by atoms with E-state index in [1.54, 1.807) is 30.5 Å². The molecule has 1 aromatic heterocycles. The molecule has 3 rings (SSSR count). The smallest absolute Gasteiger partial charge is 0.187 e. The molecule has 0 spiro atoms. The summed E-state index contributed by atoms with van der Waals surface area (Å²) in [5.74, 6) is 1.87. The first-order valence-corrected chi connectivity index (χ1v) is 7.76. The van der Waals surface area contributed by atoms with Gasteiger partial charge in [-0.25, -0.2) is 9.97 Å². The molecule has 5 nitrogen and oxygen atoms in total. The molecular formula is C16H18ClN3O2. The maximum absolute atomic E-state index is 9.77. The highest BCUT2D eigenvalue weighted by molar-refractivity contribution is 6.30. The fourth-order valence-corrected chi connectivity index (χ4v) is 2.74. The van der Waals surface area contributed by atoms with Crippen molar-refractivity contribution >= 4 is 17.4 Å². The van der Waals surface area contributed by atoms with Gasteiger partial charge in [-0.15, -0.1) is 0 Å². The molecule has 1 heterocycles. The van der Waals surface area contributed by atoms with Crippen molar-refractivity contribution in [3.63, 3.8) is 0 Å². The van der Waals surface area contributed by atoms with Crippen molar-refractivity contribution in [2.75, 3.05) is 5.32 Å². The van der Waals surface area contributed by atoms with Gasteiger partial charge in [0.15, 0.2) is 11.6 Å². The Balaban J connectivity index is 1.73. The van der Waals surface area contributed by atoms with E-state index in [2.05, 4.69) is 15.3 Å². The predicted octanol–water partition coefficient (Wildman–Crippen LogP) is 3.64. The molecule has 1 aromatic carbocycles. The van der Waals surface area contributed by atoms with Crippen LogP contribution in [0.2, 0.25) is 5.02 Å². The normalized spacial score (nSPS) is 21.4. The number of anilines is 1. The molecule has 1 aliphatic rings. The van der Waals surface area contributed by atoms with Crippen LogP contribution in [0, 0.1) is 0 Å². The van der Waals surface area contributed by atoms with Crippen molar-refractivity contribution in [1.29, 1.82) is 0 Å². The fraction of sp³-hybridized carbons (Fsp3) is 0.375. The van der Waals surface area contributed by atoms with Gasteiger partial charge in [-0.1, -0.05) is 11.6 Å². The van der Waals surface area contributed by atoms with E-state index in [9.17, 15) is 5.11 Å². The maximum Gasteiger partial charge on any atom is 0.187 e. The highest BCUT2D eigenvalue weighted by atomic mass is 35.5. The third-order valence-corrected chi connectivity index (χ3v) is 3.96. The average Bonchev–Trinajstić information content (AvgIpc) is 2.51. The standard InChI is InChI=1S/C16H18ClN3O2/c17-11-4-6-14(7-5-11)22-15-9-18-10-19-16(15)20-12-2-1-3-13(21)8-12/h4-7,9-10,12-13,21H,1-3,8H2,(H,18,19,20). The van der Waals surface area contributed by atoms with Gasteiger partial charge in [0.05, 0.1) is 12.3 Å². The number of aliphatic hydroxyl groups is 1. The number of nitrogens with zero attached hydrogens (tertiary/aromatic N) is 2. The quantitative estimate of drug-likeness (QED) is 0.900. The Bertz CT molecular complexity index is 621. The molecule has 1 aliphatic carbocycles. The number of aliphatic hydroxyl groups excluding tert-OH is 1. The minimum absolute atomic E-state index is 0.200. The minimum Gasteiger partial charge on any atom is -0.452 e. The molecule has 1 fully saturated rings. The Morgan fingerprint density at radius 3 is 2.82 bits per heavy atom. The summed E-state index contributed by atoms with van der Waals surface area (Å²) in [6.45, 7) is 0. The van der Waals surface area contributed by atoms with Crippen LogP contribution in [0.3, 0.4) is 0 Å². The molecule has 2 atom stereocenters. The molecule has 0 bridgehead atoms. The minimum atomic E-state index is -0.242. The molecule has 2 aromatic rings. The lowest BCUT2D eigenvalue weighted by molar-refractivity contribution is 0.124. The van der Waals surface area contributed by atoms with Crippen LogP contribution in [0.1, 0.15) is 25.7 Å². The first kappa shape index (κ1) is 15.1. The first-order valence-electron chi connectivity index (χ1n) is 7.39. The Hall–Kier alpha value is -1.85. The number of rotatable bonds is 4. The van der Waals surface area contributed by atoms with E-state index < -0.39 is 0 Å². The van der Waals surface area contributed by atoms with Crippen molar-refractivity contribution < 1.29 is 9.84 Å². The topological polar surface area (TPSA) is 67.3 Å². The van der Waals surface area contributed by atoms with Crippen LogP contribution in [-0.2, 0) is 0 Å². The number of benzene rings is 1. The zero-order chi connectivity index (χ0) is 15.4. The van der Waals surface area contributed by atoms with Gasteiger partial charge in [0.1, 0.15) is 12.1 Å². The summed E-state index contributed by atoms with van der Waals surface area (Å²) >= 11 is 5.87. The maximum atomic E-state index is 9.77. The second-order valence-corrected chi connectivity index (χ2v) is 5.89. The Morgan fingerprint density at radius 1 is 1.23 bits per heavy atom. The Kier molecular flexibility index (Phi) is 4.75. The zero-order valence-electron chi connectivity index (χ0n) is 12.1. The molecule has 2 unspecified atom stereocenters. The van der Waals surface area contributed by atoms with Gasteiger partial charge in [0.2, 0.25) is 0 Å². The molecule has 1 saturated carbocycles. The summed E-state index contributed by atoms with van der Waals surface area (Å²) in [5.41, 5.74) is 0. The van der Waals surface area contributed by atoms with Crippen LogP contribution >= 0.6 is 11.6 Å². The van der Waals surface area contributed by atoms with Crippen LogP contribution in [0.25, 0.3) is 0 Å². The van der Waals surface area contributed by atoms with E-state index in [0.29, 0.717) is 22.3 Å². The van der Waals surface area contributed by atoms with E-state index in [0.717, 1.165) is 25.7 Å². The third-order valence-electron chi connectivity index (χ3n) is 3.71. The lowest BCUT2D eigenvalue weighted by atomic mass is 9.93. The molecular weight excluding hydrogens is 302 g/mol. The molecule has 6 heteroatoms. The molecule has 22 heavy (non-hydrogen) atoms. The van der Waals surface area contributed by atoms with Crippen LogP contribution in [0.4, 0.5) is 5.82 Å². The summed E-state index contributed by atoms with van der Waals surface area (Å²) in [6.07, 6.45) is 6.49. The van der Waals surface area contributed by atoms with Crippen LogP contribution in [0.15, 0.2) is 36.8 Å². The lowest BCUT2D eigenvalue weighted by Gasteiger charge is -2.27. The number of hydrogen-bond acceptors (Lipinski definition) is 5. The Labute approximate surface area is 134 Å². The first-order chi connectivity index (χ1) is 10.7.